The topological polar surface area (TPSA) is 92.0 Å². The Morgan fingerprint density at radius 3 is 2.83 bits per heavy atom. The van der Waals surface area contributed by atoms with Crippen molar-refractivity contribution in [1.82, 2.24) is 10.2 Å². The molecule has 0 aromatic heterocycles. The molecule has 0 unspecified atom stereocenters. The number of rotatable bonds is 6. The fourth-order valence-corrected chi connectivity index (χ4v) is 2.38. The monoisotopic (exact) mass is 447 g/mol. The number of guanidine groups is 1. The van der Waals surface area contributed by atoms with Gasteiger partial charge in [0.05, 0.1) is 13.2 Å². The van der Waals surface area contributed by atoms with E-state index in [0.717, 1.165) is 37.2 Å². The van der Waals surface area contributed by atoms with E-state index in [1.807, 2.05) is 29.2 Å². The van der Waals surface area contributed by atoms with Crippen molar-refractivity contribution in [1.29, 1.82) is 0 Å². The fraction of sp³-hybridized carbons (Fsp3) is 0.500. The molecule has 1 saturated heterocycles. The van der Waals surface area contributed by atoms with Crippen LogP contribution in [0, 0.1) is 0 Å². The van der Waals surface area contributed by atoms with Crippen LogP contribution in [0.25, 0.3) is 0 Å². The normalized spacial score (nSPS) is 14.2. The van der Waals surface area contributed by atoms with E-state index in [2.05, 4.69) is 15.6 Å². The van der Waals surface area contributed by atoms with Crippen LogP contribution >= 0.6 is 24.0 Å². The van der Waals surface area contributed by atoms with E-state index in [9.17, 15) is 4.79 Å². The van der Waals surface area contributed by atoms with Gasteiger partial charge >= 0.3 is 6.03 Å². The van der Waals surface area contributed by atoms with Crippen molar-refractivity contribution in [3.8, 4) is 0 Å². The number of halogens is 1. The number of ether oxygens (including phenoxy) is 1. The minimum absolute atomic E-state index is 0. The first kappa shape index (κ1) is 20.5. The second-order valence-electron chi connectivity index (χ2n) is 5.45. The molecule has 0 radical (unpaired) electrons. The summed E-state index contributed by atoms with van der Waals surface area (Å²) in [5.41, 5.74) is 7.54. The average Bonchev–Trinajstić information content (AvgIpc) is 3.08. The summed E-state index contributed by atoms with van der Waals surface area (Å²) in [7, 11) is 1.64. The first-order valence-corrected chi connectivity index (χ1v) is 7.86. The number of anilines is 1. The second kappa shape index (κ2) is 11.1. The predicted octanol–water partition coefficient (Wildman–Crippen LogP) is 1.98. The lowest BCUT2D eigenvalue weighted by Crippen LogP contribution is -2.34. The zero-order valence-electron chi connectivity index (χ0n) is 14.0. The van der Waals surface area contributed by atoms with Gasteiger partial charge in [-0.25, -0.2) is 9.79 Å². The smallest absolute Gasteiger partial charge is 0.321 e. The number of amides is 2. The summed E-state index contributed by atoms with van der Waals surface area (Å²) in [6.45, 7) is 3.32. The minimum Gasteiger partial charge on any atom is -0.383 e. The number of likely N-dealkylation sites (tertiary alicyclic amines) is 1. The van der Waals surface area contributed by atoms with Crippen LogP contribution in [0.2, 0.25) is 0 Å². The van der Waals surface area contributed by atoms with Gasteiger partial charge in [0.1, 0.15) is 0 Å². The van der Waals surface area contributed by atoms with Gasteiger partial charge in [-0.3, -0.25) is 0 Å². The number of carbonyl (C=O) groups is 1. The van der Waals surface area contributed by atoms with Crippen molar-refractivity contribution in [3.63, 3.8) is 0 Å². The Balaban J connectivity index is 0.00000288. The number of hydrogen-bond acceptors (Lipinski definition) is 3. The third kappa shape index (κ3) is 6.91. The van der Waals surface area contributed by atoms with Gasteiger partial charge in [-0.2, -0.15) is 0 Å². The van der Waals surface area contributed by atoms with Gasteiger partial charge in [-0.1, -0.05) is 12.1 Å². The molecule has 134 valence electrons. The molecule has 0 aliphatic carbocycles. The molecule has 4 N–H and O–H groups in total. The first-order valence-electron chi connectivity index (χ1n) is 7.86. The van der Waals surface area contributed by atoms with Crippen LogP contribution in [0.3, 0.4) is 0 Å². The van der Waals surface area contributed by atoms with Crippen molar-refractivity contribution in [2.24, 2.45) is 10.7 Å². The number of benzene rings is 1. The summed E-state index contributed by atoms with van der Waals surface area (Å²) in [6, 6.07) is 7.61. The van der Waals surface area contributed by atoms with Crippen LogP contribution in [0.1, 0.15) is 18.4 Å². The minimum atomic E-state index is -0.0381. The van der Waals surface area contributed by atoms with E-state index in [4.69, 9.17) is 10.5 Å². The number of carbonyl (C=O) groups excluding carboxylic acids is 1. The molecule has 0 saturated carbocycles. The number of urea groups is 1. The lowest BCUT2D eigenvalue weighted by atomic mass is 10.2. The molecule has 24 heavy (non-hydrogen) atoms. The molecule has 1 aromatic rings. The molecule has 7 nitrogen and oxygen atoms in total. The Hall–Kier alpha value is -1.55. The molecule has 2 rings (SSSR count). The molecule has 8 heteroatoms. The summed E-state index contributed by atoms with van der Waals surface area (Å²) < 4.78 is 4.93. The molecule has 0 atom stereocenters. The number of nitrogens with one attached hydrogen (secondary N) is 2. The van der Waals surface area contributed by atoms with E-state index >= 15 is 0 Å². The molecular weight excluding hydrogens is 421 g/mol. The van der Waals surface area contributed by atoms with Gasteiger partial charge in [-0.05, 0) is 30.5 Å². The predicted molar refractivity (Wildman–Crippen MR) is 107 cm³/mol. The van der Waals surface area contributed by atoms with Crippen molar-refractivity contribution >= 4 is 41.7 Å². The molecule has 1 fully saturated rings. The zero-order chi connectivity index (χ0) is 16.5. The van der Waals surface area contributed by atoms with E-state index < -0.39 is 0 Å². The Morgan fingerprint density at radius 1 is 1.38 bits per heavy atom. The Labute approximate surface area is 160 Å². The van der Waals surface area contributed by atoms with Crippen LogP contribution < -0.4 is 16.4 Å². The number of aliphatic imine (C=N–C) groups is 1. The lowest BCUT2D eigenvalue weighted by molar-refractivity contribution is 0.204. The standard InChI is InChI=1S/C16H25N5O2.HI/c1-23-10-7-18-15(17)19-12-13-5-4-6-14(11-13)20-16(22)21-8-2-3-9-21;/h4-6,11H,2-3,7-10,12H2,1H3,(H,20,22)(H3,17,18,19);1H. The lowest BCUT2D eigenvalue weighted by Gasteiger charge is -2.16. The summed E-state index contributed by atoms with van der Waals surface area (Å²) in [5, 5.41) is 5.89. The number of nitrogens with zero attached hydrogens (tertiary/aromatic N) is 2. The Bertz CT molecular complexity index is 547. The third-order valence-corrected chi connectivity index (χ3v) is 3.62. The maximum Gasteiger partial charge on any atom is 0.321 e. The number of hydrogen-bond donors (Lipinski definition) is 3. The van der Waals surface area contributed by atoms with Gasteiger partial charge in [0.15, 0.2) is 5.96 Å². The van der Waals surface area contributed by atoms with Crippen LogP contribution in [-0.2, 0) is 11.3 Å². The first-order chi connectivity index (χ1) is 11.2. The largest absolute Gasteiger partial charge is 0.383 e. The second-order valence-corrected chi connectivity index (χ2v) is 5.45. The van der Waals surface area contributed by atoms with Crippen LogP contribution in [-0.4, -0.2) is 50.2 Å². The summed E-state index contributed by atoms with van der Waals surface area (Å²) in [5.74, 6) is 0.383. The molecule has 1 aromatic carbocycles. The fourth-order valence-electron chi connectivity index (χ4n) is 2.38. The van der Waals surface area contributed by atoms with Crippen molar-refractivity contribution in [3.05, 3.63) is 29.8 Å². The van der Waals surface area contributed by atoms with Crippen molar-refractivity contribution < 1.29 is 9.53 Å². The highest BCUT2D eigenvalue weighted by atomic mass is 127. The summed E-state index contributed by atoms with van der Waals surface area (Å²) in [4.78, 5) is 18.2. The molecule has 1 aliphatic heterocycles. The maximum atomic E-state index is 12.1. The van der Waals surface area contributed by atoms with E-state index in [0.29, 0.717) is 25.7 Å². The van der Waals surface area contributed by atoms with Crippen molar-refractivity contribution in [2.75, 3.05) is 38.7 Å². The van der Waals surface area contributed by atoms with E-state index in [1.165, 1.54) is 0 Å². The Kier molecular flexibility index (Phi) is 9.46. The van der Waals surface area contributed by atoms with Gasteiger partial charge in [0.2, 0.25) is 0 Å². The Morgan fingerprint density at radius 2 is 2.12 bits per heavy atom. The molecule has 2 amide bonds. The van der Waals surface area contributed by atoms with Gasteiger partial charge < -0.3 is 26.0 Å². The molecule has 0 bridgehead atoms. The zero-order valence-corrected chi connectivity index (χ0v) is 16.3. The highest BCUT2D eigenvalue weighted by molar-refractivity contribution is 14.0. The third-order valence-electron chi connectivity index (χ3n) is 3.62. The van der Waals surface area contributed by atoms with E-state index in [-0.39, 0.29) is 30.0 Å². The quantitative estimate of drug-likeness (QED) is 0.269. The summed E-state index contributed by atoms with van der Waals surface area (Å²) in [6.07, 6.45) is 2.16. The average molecular weight is 447 g/mol. The SMILES string of the molecule is COCCNC(N)=NCc1cccc(NC(=O)N2CCCC2)c1.I. The number of nitrogens with two attached hydrogens (primary N) is 1. The van der Waals surface area contributed by atoms with Crippen LogP contribution in [0.5, 0.6) is 0 Å². The maximum absolute atomic E-state index is 12.1. The highest BCUT2D eigenvalue weighted by Crippen LogP contribution is 2.14. The van der Waals surface area contributed by atoms with Crippen molar-refractivity contribution in [2.45, 2.75) is 19.4 Å². The number of methoxy groups -OCH3 is 1. The van der Waals surface area contributed by atoms with Gasteiger partial charge in [0.25, 0.3) is 0 Å². The molecule has 0 spiro atoms. The molecule has 1 aliphatic rings. The summed E-state index contributed by atoms with van der Waals surface area (Å²) >= 11 is 0. The molecular formula is C16H26IN5O2. The molecule has 1 heterocycles. The van der Waals surface area contributed by atoms with Gasteiger partial charge in [0, 0.05) is 32.4 Å². The van der Waals surface area contributed by atoms with Crippen LogP contribution in [0.15, 0.2) is 29.3 Å². The van der Waals surface area contributed by atoms with Gasteiger partial charge in [-0.15, -0.1) is 24.0 Å². The van der Waals surface area contributed by atoms with Crippen LogP contribution in [0.4, 0.5) is 10.5 Å². The highest BCUT2D eigenvalue weighted by Gasteiger charge is 2.17. The van der Waals surface area contributed by atoms with E-state index in [1.54, 1.807) is 7.11 Å².